The van der Waals surface area contributed by atoms with E-state index < -0.39 is 0 Å². The third-order valence-electron chi connectivity index (χ3n) is 2.60. The number of hydrogen-bond acceptors (Lipinski definition) is 4. The fourth-order valence-electron chi connectivity index (χ4n) is 1.54. The first kappa shape index (κ1) is 18.8. The van der Waals surface area contributed by atoms with E-state index in [1.807, 2.05) is 0 Å². The minimum atomic E-state index is -0.318. The summed E-state index contributed by atoms with van der Waals surface area (Å²) in [7, 11) is 0. The van der Waals surface area contributed by atoms with Gasteiger partial charge in [0.1, 0.15) is 8.67 Å². The highest BCUT2D eigenvalue weighted by atomic mass is 35.5. The molecular formula is C12H4Cl6O2S2. The molecule has 0 spiro atoms. The standard InChI is InChI=1S/C12H4Cl6O2S2/c13-5-7(15)11(17)21-9(5)3(19)1-2-4(20)10-6(14)8(16)12(18)22-10/h1-2H2. The second kappa shape index (κ2) is 7.58. The van der Waals surface area contributed by atoms with E-state index in [0.29, 0.717) is 0 Å². The van der Waals surface area contributed by atoms with Crippen LogP contribution in [0.15, 0.2) is 0 Å². The van der Waals surface area contributed by atoms with Gasteiger partial charge in [0.25, 0.3) is 0 Å². The molecule has 0 saturated carbocycles. The van der Waals surface area contributed by atoms with Crippen LogP contribution >= 0.6 is 92.3 Å². The van der Waals surface area contributed by atoms with Crippen LogP contribution in [0.5, 0.6) is 0 Å². The Morgan fingerprint density at radius 2 is 0.955 bits per heavy atom. The van der Waals surface area contributed by atoms with Crippen LogP contribution in [0.3, 0.4) is 0 Å². The molecule has 0 radical (unpaired) electrons. The van der Waals surface area contributed by atoms with Crippen LogP contribution < -0.4 is 0 Å². The molecule has 2 aromatic heterocycles. The van der Waals surface area contributed by atoms with Crippen molar-refractivity contribution in [1.29, 1.82) is 0 Å². The normalized spacial score (nSPS) is 11.0. The van der Waals surface area contributed by atoms with Gasteiger partial charge in [-0.3, -0.25) is 9.59 Å². The summed E-state index contributed by atoms with van der Waals surface area (Å²) in [5, 5.41) is 0.495. The van der Waals surface area contributed by atoms with Crippen molar-refractivity contribution in [3.8, 4) is 0 Å². The number of halogens is 6. The summed E-state index contributed by atoms with van der Waals surface area (Å²) in [5.74, 6) is -0.635. The Kier molecular flexibility index (Phi) is 6.48. The van der Waals surface area contributed by atoms with Crippen LogP contribution in [0.4, 0.5) is 0 Å². The molecule has 2 heterocycles. The van der Waals surface area contributed by atoms with Gasteiger partial charge in [0, 0.05) is 12.8 Å². The molecule has 0 atom stereocenters. The Labute approximate surface area is 163 Å². The average molecular weight is 457 g/mol. The van der Waals surface area contributed by atoms with Crippen molar-refractivity contribution >= 4 is 104 Å². The van der Waals surface area contributed by atoms with Gasteiger partial charge < -0.3 is 0 Å². The maximum atomic E-state index is 12.1. The molecule has 0 aliphatic rings. The molecule has 118 valence electrons. The fraction of sp³-hybridized carbons (Fsp3) is 0.167. The van der Waals surface area contributed by atoms with Crippen LogP contribution in [-0.4, -0.2) is 11.6 Å². The van der Waals surface area contributed by atoms with Gasteiger partial charge in [-0.05, 0) is 0 Å². The van der Waals surface area contributed by atoms with E-state index in [4.69, 9.17) is 69.6 Å². The van der Waals surface area contributed by atoms with Crippen LogP contribution in [-0.2, 0) is 0 Å². The second-order valence-corrected chi connectivity index (χ2v) is 8.77. The highest BCUT2D eigenvalue weighted by Gasteiger charge is 2.23. The van der Waals surface area contributed by atoms with Gasteiger partial charge >= 0.3 is 0 Å². The highest BCUT2D eigenvalue weighted by Crippen LogP contribution is 2.42. The van der Waals surface area contributed by atoms with Gasteiger partial charge in [-0.2, -0.15) is 0 Å². The van der Waals surface area contributed by atoms with Crippen LogP contribution in [0, 0.1) is 0 Å². The molecule has 0 unspecified atom stereocenters. The monoisotopic (exact) mass is 454 g/mol. The number of rotatable bonds is 5. The lowest BCUT2D eigenvalue weighted by Gasteiger charge is -1.99. The number of Topliss-reactive ketones (excluding diaryl/α,β-unsaturated/α-hetero) is 2. The van der Waals surface area contributed by atoms with Gasteiger partial charge in [0.15, 0.2) is 11.6 Å². The maximum absolute atomic E-state index is 12.1. The van der Waals surface area contributed by atoms with E-state index in [2.05, 4.69) is 0 Å². The Morgan fingerprint density at radius 3 is 1.18 bits per heavy atom. The lowest BCUT2D eigenvalue weighted by atomic mass is 10.1. The number of carbonyl (C=O) groups excluding carboxylic acids is 2. The number of ketones is 2. The minimum absolute atomic E-state index is 0.0464. The maximum Gasteiger partial charge on any atom is 0.174 e. The van der Waals surface area contributed by atoms with Gasteiger partial charge in [-0.15, -0.1) is 22.7 Å². The van der Waals surface area contributed by atoms with Crippen molar-refractivity contribution in [2.75, 3.05) is 0 Å². The van der Waals surface area contributed by atoms with Gasteiger partial charge in [0.05, 0.1) is 29.8 Å². The van der Waals surface area contributed by atoms with Crippen LogP contribution in [0.1, 0.15) is 32.2 Å². The molecule has 0 amide bonds. The first-order valence-electron chi connectivity index (χ1n) is 5.57. The number of hydrogen-bond donors (Lipinski definition) is 0. The smallest absolute Gasteiger partial charge is 0.174 e. The Bertz CT molecular complexity index is 700. The van der Waals surface area contributed by atoms with Crippen molar-refractivity contribution in [3.05, 3.63) is 38.5 Å². The summed E-state index contributed by atoms with van der Waals surface area (Å²) < 4.78 is 0.474. The summed E-state index contributed by atoms with van der Waals surface area (Å²) >= 11 is 37.1. The van der Waals surface area contributed by atoms with E-state index in [-0.39, 0.29) is 62.9 Å². The molecule has 10 heteroatoms. The average Bonchev–Trinajstić information content (AvgIpc) is 2.89. The van der Waals surface area contributed by atoms with E-state index in [9.17, 15) is 9.59 Å². The van der Waals surface area contributed by atoms with Gasteiger partial charge in [-0.25, -0.2) is 0 Å². The lowest BCUT2D eigenvalue weighted by Crippen LogP contribution is -2.03. The van der Waals surface area contributed by atoms with Crippen molar-refractivity contribution in [3.63, 3.8) is 0 Å². The lowest BCUT2D eigenvalue weighted by molar-refractivity contribution is 0.0921. The topological polar surface area (TPSA) is 34.1 Å². The SMILES string of the molecule is O=C(CCC(=O)c1sc(Cl)c(Cl)c1Cl)c1sc(Cl)c(Cl)c1Cl. The zero-order chi connectivity index (χ0) is 16.6. The largest absolute Gasteiger partial charge is 0.293 e. The predicted molar refractivity (Wildman–Crippen MR) is 96.6 cm³/mol. The first-order valence-corrected chi connectivity index (χ1v) is 9.47. The van der Waals surface area contributed by atoms with Crippen molar-refractivity contribution in [2.45, 2.75) is 12.8 Å². The summed E-state index contributed by atoms with van der Waals surface area (Å²) in [6.07, 6.45) is -0.0929. The molecule has 0 bridgehead atoms. The summed E-state index contributed by atoms with van der Waals surface area (Å²) in [6.45, 7) is 0. The second-order valence-electron chi connectivity index (χ2n) is 4.01. The molecule has 0 N–H and O–H groups in total. The molecule has 2 aromatic rings. The predicted octanol–water partition coefficient (Wildman–Crippen LogP) is 7.58. The zero-order valence-corrected chi connectivity index (χ0v) is 16.5. The Balaban J connectivity index is 2.09. The van der Waals surface area contributed by atoms with Crippen LogP contribution in [0.2, 0.25) is 28.8 Å². The molecule has 0 aliphatic heterocycles. The summed E-state index contributed by atoms with van der Waals surface area (Å²) in [6, 6.07) is 0. The molecule has 0 aromatic carbocycles. The number of thiophene rings is 2. The molecular weight excluding hydrogens is 453 g/mol. The van der Waals surface area contributed by atoms with Gasteiger partial charge in [-0.1, -0.05) is 69.6 Å². The molecule has 2 nitrogen and oxygen atoms in total. The molecule has 0 aliphatic carbocycles. The minimum Gasteiger partial charge on any atom is -0.293 e. The molecule has 22 heavy (non-hydrogen) atoms. The van der Waals surface area contributed by atoms with Crippen LogP contribution in [0.25, 0.3) is 0 Å². The number of carbonyl (C=O) groups is 2. The molecule has 0 saturated heterocycles. The van der Waals surface area contributed by atoms with E-state index >= 15 is 0 Å². The third kappa shape index (κ3) is 3.76. The summed E-state index contributed by atoms with van der Waals surface area (Å²) in [5.41, 5.74) is 0. The fourth-order valence-corrected chi connectivity index (χ4v) is 5.12. The van der Waals surface area contributed by atoms with Crippen molar-refractivity contribution in [1.82, 2.24) is 0 Å². The van der Waals surface area contributed by atoms with E-state index in [1.54, 1.807) is 0 Å². The van der Waals surface area contributed by atoms with E-state index in [1.165, 1.54) is 0 Å². The molecule has 0 fully saturated rings. The van der Waals surface area contributed by atoms with E-state index in [0.717, 1.165) is 22.7 Å². The first-order chi connectivity index (χ1) is 10.2. The Hall–Kier alpha value is 0.480. The van der Waals surface area contributed by atoms with Crippen molar-refractivity contribution < 1.29 is 9.59 Å². The molecule has 2 rings (SSSR count). The quantitative estimate of drug-likeness (QED) is 0.434. The van der Waals surface area contributed by atoms with Gasteiger partial charge in [0.2, 0.25) is 0 Å². The Morgan fingerprint density at radius 1 is 0.636 bits per heavy atom. The summed E-state index contributed by atoms with van der Waals surface area (Å²) in [4.78, 5) is 24.7. The van der Waals surface area contributed by atoms with Crippen molar-refractivity contribution in [2.24, 2.45) is 0 Å². The highest BCUT2D eigenvalue weighted by molar-refractivity contribution is 7.20. The third-order valence-corrected chi connectivity index (χ3v) is 7.82. The zero-order valence-electron chi connectivity index (χ0n) is 10.3.